The van der Waals surface area contributed by atoms with Crippen LogP contribution in [0.25, 0.3) is 6.20 Å². The summed E-state index contributed by atoms with van der Waals surface area (Å²) in [5, 5.41) is 19.0. The largest absolute Gasteiger partial charge is 0.366 e. The van der Waals surface area contributed by atoms with Gasteiger partial charge in [-0.05, 0) is 11.6 Å². The second-order valence-corrected chi connectivity index (χ2v) is 8.29. The lowest BCUT2D eigenvalue weighted by molar-refractivity contribution is 0.0176. The highest BCUT2D eigenvalue weighted by Gasteiger charge is 2.32. The van der Waals surface area contributed by atoms with E-state index in [1.54, 1.807) is 34.8 Å². The molecule has 0 amide bonds. The van der Waals surface area contributed by atoms with Crippen LogP contribution in [0.3, 0.4) is 0 Å². The molecule has 0 bridgehead atoms. The third kappa shape index (κ3) is 5.14. The molecular weight excluding hydrogens is 454 g/mol. The summed E-state index contributed by atoms with van der Waals surface area (Å²) in [6.07, 6.45) is 2.09. The number of hydrogen-bond acceptors (Lipinski definition) is 5. The number of aromatic nitrogens is 3. The third-order valence-electron chi connectivity index (χ3n) is 4.74. The van der Waals surface area contributed by atoms with Gasteiger partial charge in [0.25, 0.3) is 5.92 Å². The molecule has 1 N–H and O–H groups in total. The van der Waals surface area contributed by atoms with Crippen molar-refractivity contribution in [3.05, 3.63) is 82.5 Å². The van der Waals surface area contributed by atoms with Gasteiger partial charge in [-0.25, -0.2) is 8.78 Å². The van der Waals surface area contributed by atoms with Gasteiger partial charge in [-0.1, -0.05) is 67.9 Å². The number of rotatable bonds is 6. The van der Waals surface area contributed by atoms with Gasteiger partial charge in [0.05, 0.1) is 16.5 Å². The van der Waals surface area contributed by atoms with Gasteiger partial charge in [-0.3, -0.25) is 4.57 Å². The van der Waals surface area contributed by atoms with Gasteiger partial charge in [-0.2, -0.15) is 0 Å². The first-order chi connectivity index (χ1) is 15.4. The van der Waals surface area contributed by atoms with E-state index in [0.717, 1.165) is 12.7 Å². The van der Waals surface area contributed by atoms with Crippen LogP contribution in [0.2, 0.25) is 5.02 Å². The van der Waals surface area contributed by atoms with Crippen LogP contribution >= 0.6 is 23.4 Å². The van der Waals surface area contributed by atoms with Gasteiger partial charge in [0.2, 0.25) is 0 Å². The molecule has 1 aromatic heterocycles. The highest BCUT2D eigenvalue weighted by molar-refractivity contribution is 7.97. The molecule has 0 saturated carbocycles. The number of benzene rings is 2. The van der Waals surface area contributed by atoms with E-state index in [9.17, 15) is 13.9 Å². The van der Waals surface area contributed by atoms with Crippen molar-refractivity contribution >= 4 is 35.3 Å². The van der Waals surface area contributed by atoms with Crippen LogP contribution in [0.5, 0.6) is 0 Å². The maximum Gasteiger partial charge on any atom is 0.272 e. The molecule has 170 valence electrons. The van der Waals surface area contributed by atoms with Crippen molar-refractivity contribution in [1.29, 1.82) is 0 Å². The molecule has 9 heteroatoms. The minimum Gasteiger partial charge on any atom is -0.366 e. The Balaban J connectivity index is 0.00000141. The first kappa shape index (κ1) is 24.2. The molecule has 4 rings (SSSR count). The number of nitrogens with zero attached hydrogens (tertiary/aromatic N) is 4. The number of aliphatic hydroxyl groups excluding tert-OH is 1. The molecule has 0 fully saturated rings. The molecule has 0 saturated heterocycles. The zero-order valence-electron chi connectivity index (χ0n) is 18.0. The zero-order valence-corrected chi connectivity index (χ0v) is 19.6. The average Bonchev–Trinajstić information content (AvgIpc) is 3.20. The van der Waals surface area contributed by atoms with Crippen LogP contribution in [0.1, 0.15) is 49.8 Å². The van der Waals surface area contributed by atoms with Crippen molar-refractivity contribution in [3.8, 4) is 0 Å². The van der Waals surface area contributed by atoms with Gasteiger partial charge in [0.15, 0.2) is 12.1 Å². The quantitative estimate of drug-likeness (QED) is 0.441. The van der Waals surface area contributed by atoms with Crippen LogP contribution in [0.4, 0.5) is 14.5 Å². The maximum atomic E-state index is 13.8. The van der Waals surface area contributed by atoms with E-state index in [1.807, 2.05) is 32.0 Å². The predicted molar refractivity (Wildman–Crippen MR) is 127 cm³/mol. The monoisotopic (exact) mass is 478 g/mol. The van der Waals surface area contributed by atoms with E-state index in [2.05, 4.69) is 22.3 Å². The van der Waals surface area contributed by atoms with Gasteiger partial charge in [-0.15, -0.1) is 22.0 Å². The normalized spacial score (nSPS) is 15.2. The Labute approximate surface area is 195 Å². The molecule has 32 heavy (non-hydrogen) atoms. The highest BCUT2D eigenvalue weighted by Crippen LogP contribution is 2.41. The topological polar surface area (TPSA) is 54.2 Å². The lowest BCUT2D eigenvalue weighted by atomic mass is 10.1. The van der Waals surface area contributed by atoms with Gasteiger partial charge in [0, 0.05) is 30.6 Å². The van der Waals surface area contributed by atoms with Crippen molar-refractivity contribution in [3.63, 3.8) is 0 Å². The van der Waals surface area contributed by atoms with Gasteiger partial charge >= 0.3 is 0 Å². The Morgan fingerprint density at radius 3 is 2.44 bits per heavy atom. The fourth-order valence-corrected chi connectivity index (χ4v) is 4.52. The predicted octanol–water partition coefficient (Wildman–Crippen LogP) is 6.44. The van der Waals surface area contributed by atoms with Crippen molar-refractivity contribution < 1.29 is 13.9 Å². The summed E-state index contributed by atoms with van der Waals surface area (Å²) in [6.45, 7) is 4.79. The standard InChI is InChI=1S/C21H19ClF2N4OS.C2H6/c1-21(23,24)15-8-5-9-16(18(15)22)27-10-11-28-17(25-26-19(28)20(27)29)13-30-12-14-6-3-2-4-7-14;1-2/h2-11,20,29H,12-13H2,1H3;1-2H3. The molecule has 3 aromatic rings. The molecule has 0 aliphatic carbocycles. The fourth-order valence-electron chi connectivity index (χ4n) is 3.22. The summed E-state index contributed by atoms with van der Waals surface area (Å²) < 4.78 is 29.4. The Hall–Kier alpha value is -2.42. The smallest absolute Gasteiger partial charge is 0.272 e. The molecule has 0 spiro atoms. The van der Waals surface area contributed by atoms with E-state index in [1.165, 1.54) is 22.6 Å². The molecule has 1 aliphatic rings. The van der Waals surface area contributed by atoms with Crippen LogP contribution in [-0.4, -0.2) is 19.9 Å². The van der Waals surface area contributed by atoms with E-state index < -0.39 is 12.2 Å². The SMILES string of the molecule is CC.CC(F)(F)c1cccc(N2C=Cn3c(CSCc4ccccc4)nnc3C2O)c1Cl. The molecule has 5 nitrogen and oxygen atoms in total. The third-order valence-corrected chi connectivity index (χ3v) is 6.13. The van der Waals surface area contributed by atoms with Crippen LogP contribution in [-0.2, 0) is 17.4 Å². The Kier molecular flexibility index (Phi) is 7.92. The number of aliphatic hydroxyl groups is 1. The molecular formula is C23H25ClF2N4OS. The Morgan fingerprint density at radius 2 is 1.75 bits per heavy atom. The second kappa shape index (κ2) is 10.5. The highest BCUT2D eigenvalue weighted by atomic mass is 35.5. The van der Waals surface area contributed by atoms with Gasteiger partial charge in [0.1, 0.15) is 5.82 Å². The van der Waals surface area contributed by atoms with Crippen molar-refractivity contribution in [2.75, 3.05) is 4.90 Å². The molecule has 2 aromatic carbocycles. The van der Waals surface area contributed by atoms with Gasteiger partial charge < -0.3 is 10.0 Å². The lowest BCUT2D eigenvalue weighted by Gasteiger charge is -2.30. The summed E-state index contributed by atoms with van der Waals surface area (Å²) >= 11 is 7.92. The van der Waals surface area contributed by atoms with Crippen LogP contribution in [0.15, 0.2) is 54.7 Å². The second-order valence-electron chi connectivity index (χ2n) is 6.93. The maximum absolute atomic E-state index is 13.8. The molecule has 1 aliphatic heterocycles. The van der Waals surface area contributed by atoms with Crippen molar-refractivity contribution in [2.24, 2.45) is 0 Å². The summed E-state index contributed by atoms with van der Waals surface area (Å²) in [5.74, 6) is -0.661. The molecule has 2 heterocycles. The average molecular weight is 479 g/mol. The van der Waals surface area contributed by atoms with E-state index >= 15 is 0 Å². The van der Waals surface area contributed by atoms with Crippen molar-refractivity contribution in [2.45, 2.75) is 44.4 Å². The fraction of sp³-hybridized carbons (Fsp3) is 0.304. The number of halogens is 3. The first-order valence-electron chi connectivity index (χ1n) is 10.2. The number of anilines is 1. The zero-order chi connectivity index (χ0) is 23.3. The van der Waals surface area contributed by atoms with E-state index in [-0.39, 0.29) is 16.3 Å². The lowest BCUT2D eigenvalue weighted by Crippen LogP contribution is -2.29. The van der Waals surface area contributed by atoms with Crippen LogP contribution in [0, 0.1) is 0 Å². The van der Waals surface area contributed by atoms with E-state index in [0.29, 0.717) is 17.4 Å². The first-order valence-corrected chi connectivity index (χ1v) is 11.8. The minimum absolute atomic E-state index is 0.111. The Morgan fingerprint density at radius 1 is 1.03 bits per heavy atom. The number of fused-ring (bicyclic) bond motifs is 1. The number of alkyl halides is 2. The molecule has 0 radical (unpaired) electrons. The van der Waals surface area contributed by atoms with Crippen molar-refractivity contribution in [1.82, 2.24) is 14.8 Å². The number of thioether (sulfide) groups is 1. The summed E-state index contributed by atoms with van der Waals surface area (Å²) in [7, 11) is 0. The minimum atomic E-state index is -3.10. The molecule has 1 unspecified atom stereocenters. The summed E-state index contributed by atoms with van der Waals surface area (Å²) in [6, 6.07) is 14.4. The van der Waals surface area contributed by atoms with Crippen LogP contribution < -0.4 is 4.90 Å². The summed E-state index contributed by atoms with van der Waals surface area (Å²) in [5.41, 5.74) is 1.19. The molecule has 1 atom stereocenters. The number of hydrogen-bond donors (Lipinski definition) is 1. The summed E-state index contributed by atoms with van der Waals surface area (Å²) in [4.78, 5) is 1.41. The van der Waals surface area contributed by atoms with E-state index in [4.69, 9.17) is 11.6 Å². The Bertz CT molecular complexity index is 1070.